The molecular formula is C12H13ClN2O2. The first-order valence-corrected chi connectivity index (χ1v) is 5.60. The van der Waals surface area contributed by atoms with Gasteiger partial charge in [0.2, 0.25) is 0 Å². The van der Waals surface area contributed by atoms with Gasteiger partial charge in [0.1, 0.15) is 0 Å². The molecule has 0 saturated heterocycles. The van der Waals surface area contributed by atoms with E-state index in [1.165, 1.54) is 6.07 Å². The standard InChI is InChI=1S/C12H13ClN2O2/c1-3-4-17-12(16)15-11-8(2)5-9(7-14)6-10(11)13/h5-6H,3-4H2,1-2H3,(H,15,16). The van der Waals surface area contributed by atoms with E-state index in [0.29, 0.717) is 22.9 Å². The molecule has 1 aromatic carbocycles. The largest absolute Gasteiger partial charge is 0.449 e. The summed E-state index contributed by atoms with van der Waals surface area (Å²) >= 11 is 5.97. The van der Waals surface area contributed by atoms with Crippen LogP contribution in [0.2, 0.25) is 5.02 Å². The summed E-state index contributed by atoms with van der Waals surface area (Å²) in [4.78, 5) is 11.4. The van der Waals surface area contributed by atoms with Crippen molar-refractivity contribution in [3.8, 4) is 6.07 Å². The van der Waals surface area contributed by atoms with Gasteiger partial charge in [-0.05, 0) is 31.0 Å². The Morgan fingerprint density at radius 3 is 2.82 bits per heavy atom. The number of anilines is 1. The van der Waals surface area contributed by atoms with Crippen LogP contribution in [0.25, 0.3) is 0 Å². The lowest BCUT2D eigenvalue weighted by Gasteiger charge is -2.10. The Bertz CT molecular complexity index is 443. The molecule has 1 N–H and O–H groups in total. The van der Waals surface area contributed by atoms with Crippen LogP contribution in [-0.2, 0) is 4.74 Å². The van der Waals surface area contributed by atoms with Crippen molar-refractivity contribution in [3.05, 3.63) is 28.3 Å². The Morgan fingerprint density at radius 1 is 1.59 bits per heavy atom. The second-order valence-electron chi connectivity index (χ2n) is 3.52. The van der Waals surface area contributed by atoms with Crippen LogP contribution in [0.4, 0.5) is 10.5 Å². The Morgan fingerprint density at radius 2 is 2.29 bits per heavy atom. The van der Waals surface area contributed by atoms with Gasteiger partial charge in [0.15, 0.2) is 0 Å². The number of ether oxygens (including phenoxy) is 1. The zero-order chi connectivity index (χ0) is 12.8. The van der Waals surface area contributed by atoms with Crippen LogP contribution in [0.1, 0.15) is 24.5 Å². The maximum Gasteiger partial charge on any atom is 0.411 e. The highest BCUT2D eigenvalue weighted by Gasteiger charge is 2.10. The third kappa shape index (κ3) is 3.65. The second-order valence-corrected chi connectivity index (χ2v) is 3.93. The predicted octanol–water partition coefficient (Wildman–Crippen LogP) is 3.48. The number of nitrogens with zero attached hydrogens (tertiary/aromatic N) is 1. The van der Waals surface area contributed by atoms with Crippen LogP contribution in [-0.4, -0.2) is 12.7 Å². The molecule has 1 rings (SSSR count). The average molecular weight is 253 g/mol. The molecule has 0 aromatic heterocycles. The molecule has 0 spiro atoms. The van der Waals surface area contributed by atoms with Crippen molar-refractivity contribution in [3.63, 3.8) is 0 Å². The van der Waals surface area contributed by atoms with Gasteiger partial charge in [0, 0.05) is 0 Å². The molecule has 0 saturated carbocycles. The first kappa shape index (κ1) is 13.3. The molecule has 1 aromatic rings. The number of rotatable bonds is 3. The molecule has 1 amide bonds. The number of carbonyl (C=O) groups is 1. The van der Waals surface area contributed by atoms with E-state index in [1.54, 1.807) is 13.0 Å². The summed E-state index contributed by atoms with van der Waals surface area (Å²) in [5.41, 5.74) is 1.66. The maximum atomic E-state index is 11.4. The minimum Gasteiger partial charge on any atom is -0.449 e. The average Bonchev–Trinajstić information content (AvgIpc) is 2.30. The molecule has 0 bridgehead atoms. The number of halogens is 1. The van der Waals surface area contributed by atoms with E-state index < -0.39 is 6.09 Å². The van der Waals surface area contributed by atoms with Gasteiger partial charge in [-0.25, -0.2) is 4.79 Å². The fourth-order valence-corrected chi connectivity index (χ4v) is 1.61. The van der Waals surface area contributed by atoms with E-state index in [0.717, 1.165) is 12.0 Å². The van der Waals surface area contributed by atoms with Gasteiger partial charge in [-0.1, -0.05) is 18.5 Å². The smallest absolute Gasteiger partial charge is 0.411 e. The first-order valence-electron chi connectivity index (χ1n) is 5.22. The van der Waals surface area contributed by atoms with E-state index >= 15 is 0 Å². The molecule has 0 unspecified atom stereocenters. The van der Waals surface area contributed by atoms with Crippen LogP contribution in [0.3, 0.4) is 0 Å². The second kappa shape index (κ2) is 6.12. The number of nitriles is 1. The van der Waals surface area contributed by atoms with Crippen molar-refractivity contribution in [1.82, 2.24) is 0 Å². The van der Waals surface area contributed by atoms with Gasteiger partial charge in [0.05, 0.1) is 28.9 Å². The zero-order valence-electron chi connectivity index (χ0n) is 9.71. The summed E-state index contributed by atoms with van der Waals surface area (Å²) in [6.45, 7) is 4.04. The summed E-state index contributed by atoms with van der Waals surface area (Å²) in [6, 6.07) is 5.15. The van der Waals surface area contributed by atoms with Gasteiger partial charge in [0.25, 0.3) is 0 Å². The number of carbonyl (C=O) groups excluding carboxylic acids is 1. The monoisotopic (exact) mass is 252 g/mol. The molecule has 4 nitrogen and oxygen atoms in total. The van der Waals surface area contributed by atoms with Gasteiger partial charge in [-0.3, -0.25) is 5.32 Å². The van der Waals surface area contributed by atoms with Crippen molar-refractivity contribution in [2.45, 2.75) is 20.3 Å². The van der Waals surface area contributed by atoms with Gasteiger partial charge in [-0.15, -0.1) is 0 Å². The highest BCUT2D eigenvalue weighted by Crippen LogP contribution is 2.27. The molecule has 17 heavy (non-hydrogen) atoms. The van der Waals surface area contributed by atoms with E-state index in [-0.39, 0.29) is 0 Å². The molecule has 0 aliphatic rings. The fourth-order valence-electron chi connectivity index (χ4n) is 1.30. The van der Waals surface area contributed by atoms with Crippen molar-refractivity contribution in [2.75, 3.05) is 11.9 Å². The molecule has 0 aliphatic heterocycles. The van der Waals surface area contributed by atoms with Gasteiger partial charge in [-0.2, -0.15) is 5.26 Å². The molecule has 0 fully saturated rings. The lowest BCUT2D eigenvalue weighted by atomic mass is 10.1. The summed E-state index contributed by atoms with van der Waals surface area (Å²) in [6.07, 6.45) is 0.217. The number of amides is 1. The van der Waals surface area contributed by atoms with Crippen LogP contribution < -0.4 is 5.32 Å². The number of hydrogen-bond donors (Lipinski definition) is 1. The topological polar surface area (TPSA) is 62.1 Å². The lowest BCUT2D eigenvalue weighted by Crippen LogP contribution is -2.15. The third-order valence-corrected chi connectivity index (χ3v) is 2.38. The van der Waals surface area contributed by atoms with Crippen LogP contribution in [0.15, 0.2) is 12.1 Å². The Kier molecular flexibility index (Phi) is 4.80. The van der Waals surface area contributed by atoms with Gasteiger partial charge >= 0.3 is 6.09 Å². The van der Waals surface area contributed by atoms with E-state index in [9.17, 15) is 4.79 Å². The van der Waals surface area contributed by atoms with E-state index in [1.807, 2.05) is 13.0 Å². The molecule has 0 atom stereocenters. The van der Waals surface area contributed by atoms with E-state index in [4.69, 9.17) is 21.6 Å². The SMILES string of the molecule is CCCOC(=O)Nc1c(C)cc(C#N)cc1Cl. The molecule has 90 valence electrons. The predicted molar refractivity (Wildman–Crippen MR) is 66.2 cm³/mol. The van der Waals surface area contributed by atoms with Crippen LogP contribution in [0, 0.1) is 18.3 Å². The number of nitrogens with one attached hydrogen (secondary N) is 1. The highest BCUT2D eigenvalue weighted by atomic mass is 35.5. The molecule has 0 heterocycles. The summed E-state index contributed by atoms with van der Waals surface area (Å²) in [5.74, 6) is 0. The number of benzene rings is 1. The van der Waals surface area contributed by atoms with Crippen molar-refractivity contribution < 1.29 is 9.53 Å². The minimum atomic E-state index is -0.540. The van der Waals surface area contributed by atoms with Crippen LogP contribution >= 0.6 is 11.6 Å². The fraction of sp³-hybridized carbons (Fsp3) is 0.333. The van der Waals surface area contributed by atoms with Gasteiger partial charge < -0.3 is 4.74 Å². The van der Waals surface area contributed by atoms with Crippen molar-refractivity contribution in [1.29, 1.82) is 5.26 Å². The Balaban J connectivity index is 2.85. The molecule has 5 heteroatoms. The number of hydrogen-bond acceptors (Lipinski definition) is 3. The summed E-state index contributed by atoms with van der Waals surface area (Å²) in [7, 11) is 0. The van der Waals surface area contributed by atoms with Crippen LogP contribution in [0.5, 0.6) is 0 Å². The summed E-state index contributed by atoms with van der Waals surface area (Å²) in [5, 5.41) is 11.6. The highest BCUT2D eigenvalue weighted by molar-refractivity contribution is 6.34. The normalized spacial score (nSPS) is 9.53. The molecular weight excluding hydrogens is 240 g/mol. The molecule has 0 radical (unpaired) electrons. The maximum absolute atomic E-state index is 11.4. The lowest BCUT2D eigenvalue weighted by molar-refractivity contribution is 0.161. The summed E-state index contributed by atoms with van der Waals surface area (Å²) < 4.78 is 4.89. The van der Waals surface area contributed by atoms with E-state index in [2.05, 4.69) is 5.32 Å². The van der Waals surface area contributed by atoms with Crippen molar-refractivity contribution in [2.24, 2.45) is 0 Å². The molecule has 0 aliphatic carbocycles. The first-order chi connectivity index (χ1) is 8.08. The zero-order valence-corrected chi connectivity index (χ0v) is 10.5. The Labute approximate surface area is 105 Å². The third-order valence-electron chi connectivity index (χ3n) is 2.08. The quantitative estimate of drug-likeness (QED) is 0.896. The minimum absolute atomic E-state index is 0.329. The number of aryl methyl sites for hydroxylation is 1. The Hall–Kier alpha value is -1.73. The van der Waals surface area contributed by atoms with Crippen molar-refractivity contribution >= 4 is 23.4 Å².